The van der Waals surface area contributed by atoms with Crippen molar-refractivity contribution in [1.82, 2.24) is 15.4 Å². The van der Waals surface area contributed by atoms with Gasteiger partial charge in [0, 0.05) is 59.0 Å². The summed E-state index contributed by atoms with van der Waals surface area (Å²) in [5.41, 5.74) is 3.69. The Morgan fingerprint density at radius 1 is 0.639 bits per heavy atom. The van der Waals surface area contributed by atoms with Gasteiger partial charge in [0.05, 0.1) is 34.5 Å². The van der Waals surface area contributed by atoms with Crippen LogP contribution in [0.1, 0.15) is 78.5 Å². The van der Waals surface area contributed by atoms with Gasteiger partial charge in [-0.25, -0.2) is 0 Å². The van der Waals surface area contributed by atoms with E-state index in [1.807, 2.05) is 93.2 Å². The van der Waals surface area contributed by atoms with Crippen molar-refractivity contribution in [2.45, 2.75) is 127 Å². The number of methoxy groups -OCH3 is 3. The molecular formula is C52H91B3I2N3O12. The van der Waals surface area contributed by atoms with Crippen molar-refractivity contribution < 1.29 is 58.1 Å². The van der Waals surface area contributed by atoms with Crippen molar-refractivity contribution in [3.63, 3.8) is 0 Å². The van der Waals surface area contributed by atoms with Gasteiger partial charge in [0.1, 0.15) is 36.6 Å². The molecule has 3 atom stereocenters. The summed E-state index contributed by atoms with van der Waals surface area (Å²) in [5.74, 6) is 2.96. The van der Waals surface area contributed by atoms with Gasteiger partial charge in [0.25, 0.3) is 0 Å². The van der Waals surface area contributed by atoms with Gasteiger partial charge in [0.2, 0.25) is 0 Å². The van der Waals surface area contributed by atoms with Crippen LogP contribution < -0.4 is 24.8 Å². The molecule has 0 heterocycles. The van der Waals surface area contributed by atoms with Crippen LogP contribution in [-0.4, -0.2) is 161 Å². The number of hydrogen-bond donors (Lipinski definition) is 5. The molecule has 3 rings (SSSR count). The van der Waals surface area contributed by atoms with Gasteiger partial charge in [-0.2, -0.15) is 0 Å². The fraction of sp³-hybridized carbons (Fsp3) is 0.654. The molecule has 0 aromatic heterocycles. The average molecular weight is 1240 g/mol. The second-order valence-electron chi connectivity index (χ2n) is 17.6. The molecule has 72 heavy (non-hydrogen) atoms. The van der Waals surface area contributed by atoms with Gasteiger partial charge in [0.15, 0.2) is 0 Å². The molecule has 0 fully saturated rings. The standard InChI is InChI=1S/C16H28BNO4.C16H27NO2.C15H25NO3.C3H6I2.C2H5B2O3/c1-13(2)18(17(3)20)11-15(19)12-22-16-7-5-14(6-8-16)9-10-21-4;1-13(2)17-11-14(3)12-19-16-7-5-15(6-8-16)9-10-18-4;1-12(2)16-10-14(17)11-19-15-6-4-13(5-7-15)8-9-18-3;1-2-3(4)5;1-3-7-6-2-4-5/h5-8,13,15,19-20H,9-12H2,1-4H3;5-8,13-14,17H,9-12H2,1-4H3;4-7,12,14,16-17H,8-11H2,1-3H3;3H,2H2,1H3;2H2,1H3. The van der Waals surface area contributed by atoms with Gasteiger partial charge in [-0.3, -0.25) is 0 Å². The van der Waals surface area contributed by atoms with Crippen LogP contribution in [0.3, 0.4) is 0 Å². The van der Waals surface area contributed by atoms with Crippen LogP contribution in [0.15, 0.2) is 72.8 Å². The SMILES string of the molecule is CCC(I)I.COCCc1ccc(OCC(C)CNC(C)C)cc1.COCCc1ccc(OCC(O)CN(B(C)O)C(C)C)cc1.COCCc1ccc(OCC(O)CNC(C)C)cc1.C[B]OOCB=O. The molecule has 0 aliphatic rings. The Morgan fingerprint density at radius 3 is 1.33 bits per heavy atom. The predicted molar refractivity (Wildman–Crippen MR) is 313 cm³/mol. The zero-order chi connectivity index (χ0) is 54.5. The fourth-order valence-corrected chi connectivity index (χ4v) is 5.69. The van der Waals surface area contributed by atoms with E-state index in [1.165, 1.54) is 30.6 Å². The summed E-state index contributed by atoms with van der Waals surface area (Å²) in [6.45, 7) is 25.5. The van der Waals surface area contributed by atoms with E-state index >= 15 is 0 Å². The third-order valence-corrected chi connectivity index (χ3v) is 11.5. The number of alkyl halides is 2. The van der Waals surface area contributed by atoms with Crippen LogP contribution in [0.2, 0.25) is 13.6 Å². The minimum atomic E-state index is -0.648. The van der Waals surface area contributed by atoms with E-state index in [-0.39, 0.29) is 19.2 Å². The molecule has 1 radical (unpaired) electrons. The van der Waals surface area contributed by atoms with E-state index in [0.717, 1.165) is 64.8 Å². The van der Waals surface area contributed by atoms with Crippen molar-refractivity contribution in [2.75, 3.05) is 87.1 Å². The summed E-state index contributed by atoms with van der Waals surface area (Å²) in [6, 6.07) is 25.0. The molecule has 0 aliphatic heterocycles. The molecule has 0 aliphatic carbocycles. The maximum absolute atomic E-state index is 10.1. The first-order valence-corrected chi connectivity index (χ1v) is 27.5. The first kappa shape index (κ1) is 72.1. The molecule has 5 N–H and O–H groups in total. The molecule has 0 amide bonds. The van der Waals surface area contributed by atoms with Crippen LogP contribution in [0.5, 0.6) is 17.2 Å². The quantitative estimate of drug-likeness (QED) is 0.00985. The number of nitrogens with one attached hydrogen (secondary N) is 2. The Bertz CT molecular complexity index is 1570. The number of aliphatic hydroxyl groups excluding tert-OH is 2. The van der Waals surface area contributed by atoms with E-state index in [1.54, 1.807) is 35.0 Å². The van der Waals surface area contributed by atoms with Crippen molar-refractivity contribution in [3.05, 3.63) is 89.5 Å². The fourth-order valence-electron chi connectivity index (χ4n) is 5.69. The summed E-state index contributed by atoms with van der Waals surface area (Å²) >= 11 is 4.79. The maximum atomic E-state index is 10.1. The second kappa shape index (κ2) is 48.7. The molecular weight excluding hydrogens is 1140 g/mol. The van der Waals surface area contributed by atoms with Crippen LogP contribution in [0, 0.1) is 5.92 Å². The van der Waals surface area contributed by atoms with Crippen LogP contribution in [-0.2, 0) is 47.9 Å². The van der Waals surface area contributed by atoms with Crippen molar-refractivity contribution in [3.8, 4) is 17.2 Å². The number of ether oxygens (including phenoxy) is 6. The van der Waals surface area contributed by atoms with Crippen molar-refractivity contribution in [2.24, 2.45) is 5.92 Å². The topological polar surface area (TPSA) is 179 Å². The summed E-state index contributed by atoms with van der Waals surface area (Å²) in [5, 5.41) is 36.1. The normalized spacial score (nSPS) is 12.0. The van der Waals surface area contributed by atoms with E-state index in [0.29, 0.717) is 51.5 Å². The van der Waals surface area contributed by atoms with E-state index in [9.17, 15) is 19.9 Å². The molecule has 0 saturated heterocycles. The van der Waals surface area contributed by atoms with Crippen molar-refractivity contribution >= 4 is 66.9 Å². The molecule has 0 bridgehead atoms. The van der Waals surface area contributed by atoms with Gasteiger partial charge >= 0.3 is 49.4 Å². The number of nitrogens with zero attached hydrogens (tertiary/aromatic N) is 1. The summed E-state index contributed by atoms with van der Waals surface area (Å²) in [4.78, 5) is 10.2. The van der Waals surface area contributed by atoms with Gasteiger partial charge in [-0.15, -0.1) is 0 Å². The Morgan fingerprint density at radius 2 is 1.01 bits per heavy atom. The third-order valence-electron chi connectivity index (χ3n) is 9.78. The van der Waals surface area contributed by atoms with Gasteiger partial charge in [-0.05, 0) is 91.6 Å². The Balaban J connectivity index is 0. The summed E-state index contributed by atoms with van der Waals surface area (Å²) < 4.78 is 42.3. The predicted octanol–water partition coefficient (Wildman–Crippen LogP) is 8.14. The molecule has 15 nitrogen and oxygen atoms in total. The second-order valence-corrected chi connectivity index (χ2v) is 23.0. The number of benzene rings is 3. The summed E-state index contributed by atoms with van der Waals surface area (Å²) in [6.07, 6.45) is 2.86. The Hall–Kier alpha value is -1.93. The molecule has 3 aromatic carbocycles. The summed E-state index contributed by atoms with van der Waals surface area (Å²) in [7, 11) is 6.49. The third kappa shape index (κ3) is 44.4. The van der Waals surface area contributed by atoms with Crippen LogP contribution >= 0.6 is 45.2 Å². The van der Waals surface area contributed by atoms with Crippen molar-refractivity contribution in [1.29, 1.82) is 0 Å². The van der Waals surface area contributed by atoms with Gasteiger partial charge in [-0.1, -0.05) is 137 Å². The van der Waals surface area contributed by atoms with E-state index in [4.69, 9.17) is 28.4 Å². The number of halogens is 2. The first-order chi connectivity index (χ1) is 34.3. The molecule has 409 valence electrons. The first-order valence-electron chi connectivity index (χ1n) is 25.0. The zero-order valence-electron chi connectivity index (χ0n) is 45.8. The van der Waals surface area contributed by atoms with E-state index in [2.05, 4.69) is 105 Å². The monoisotopic (exact) mass is 1240 g/mol. The Labute approximate surface area is 464 Å². The molecule has 20 heteroatoms. The zero-order valence-corrected chi connectivity index (χ0v) is 50.1. The molecule has 0 saturated carbocycles. The molecule has 3 aromatic rings. The Kier molecular flexibility index (Phi) is 48.8. The van der Waals surface area contributed by atoms with E-state index < -0.39 is 19.3 Å². The van der Waals surface area contributed by atoms with Crippen LogP contribution in [0.4, 0.5) is 0 Å². The molecule has 3 unspecified atom stereocenters. The minimum absolute atomic E-state index is 0.00958. The number of hydrogen-bond acceptors (Lipinski definition) is 15. The number of rotatable bonds is 33. The van der Waals surface area contributed by atoms with Gasteiger partial charge < -0.3 is 59.1 Å². The number of aliphatic hydroxyl groups is 2. The average Bonchev–Trinajstić information content (AvgIpc) is 3.36. The van der Waals surface area contributed by atoms with Crippen LogP contribution in [0.25, 0.3) is 0 Å². The molecule has 0 spiro atoms.